The lowest BCUT2D eigenvalue weighted by molar-refractivity contribution is -0.137. The number of aliphatic hydroxyl groups excluding tert-OH is 2. The van der Waals surface area contributed by atoms with E-state index in [1.807, 2.05) is 0 Å². The van der Waals surface area contributed by atoms with E-state index in [4.69, 9.17) is 9.94 Å². The Morgan fingerprint density at radius 3 is 2.78 bits per heavy atom. The number of hydrogen-bond donors (Lipinski definition) is 4. The molecule has 0 aliphatic heterocycles. The van der Waals surface area contributed by atoms with Crippen molar-refractivity contribution in [1.29, 1.82) is 0 Å². The molecule has 0 radical (unpaired) electrons. The molecule has 152 valence electrons. The van der Waals surface area contributed by atoms with Crippen molar-refractivity contribution in [3.63, 3.8) is 0 Å². The maximum atomic E-state index is 10.5. The van der Waals surface area contributed by atoms with Crippen molar-refractivity contribution in [3.8, 4) is 11.8 Å². The highest BCUT2D eigenvalue weighted by atomic mass is 16.6. The van der Waals surface area contributed by atoms with Gasteiger partial charge < -0.3 is 15.3 Å². The van der Waals surface area contributed by atoms with Crippen molar-refractivity contribution in [3.05, 3.63) is 11.3 Å². The summed E-state index contributed by atoms with van der Waals surface area (Å²) in [6, 6.07) is 0. The van der Waals surface area contributed by atoms with E-state index in [0.717, 1.165) is 30.5 Å². The molecule has 0 aromatic heterocycles. The Bertz CT molecular complexity index is 577. The molecule has 2 aliphatic rings. The molecule has 2 aliphatic carbocycles. The van der Waals surface area contributed by atoms with Crippen LogP contribution in [0.5, 0.6) is 0 Å². The predicted molar refractivity (Wildman–Crippen MR) is 102 cm³/mol. The maximum Gasteiger partial charge on any atom is 0.303 e. The van der Waals surface area contributed by atoms with Crippen LogP contribution >= 0.6 is 0 Å². The number of aliphatic hydroxyl groups is 2. The molecule has 0 heterocycles. The molecule has 0 spiro atoms. The SMILES string of the molecule is CCCCCCCC(O)C#CC1CC2=C(NOCCCC(=O)O)CC2C1O. The van der Waals surface area contributed by atoms with Gasteiger partial charge in [0, 0.05) is 18.0 Å². The van der Waals surface area contributed by atoms with Gasteiger partial charge in [-0.15, -0.1) is 0 Å². The second-order valence-corrected chi connectivity index (χ2v) is 7.57. The Morgan fingerprint density at radius 2 is 2.04 bits per heavy atom. The molecule has 2 rings (SSSR count). The van der Waals surface area contributed by atoms with E-state index in [1.54, 1.807) is 0 Å². The Labute approximate surface area is 161 Å². The van der Waals surface area contributed by atoms with Gasteiger partial charge in [0.15, 0.2) is 0 Å². The van der Waals surface area contributed by atoms with Gasteiger partial charge in [-0.2, -0.15) is 0 Å². The molecule has 1 fully saturated rings. The summed E-state index contributed by atoms with van der Waals surface area (Å²) < 4.78 is 0. The summed E-state index contributed by atoms with van der Waals surface area (Å²) in [6.45, 7) is 2.52. The van der Waals surface area contributed by atoms with Crippen LogP contribution in [0.2, 0.25) is 0 Å². The maximum absolute atomic E-state index is 10.5. The molecule has 4 unspecified atom stereocenters. The summed E-state index contributed by atoms with van der Waals surface area (Å²) in [5.74, 6) is 5.16. The highest BCUT2D eigenvalue weighted by Crippen LogP contribution is 2.48. The van der Waals surface area contributed by atoms with Crippen molar-refractivity contribution in [2.24, 2.45) is 11.8 Å². The van der Waals surface area contributed by atoms with Gasteiger partial charge in [-0.25, -0.2) is 0 Å². The van der Waals surface area contributed by atoms with Gasteiger partial charge in [0.25, 0.3) is 0 Å². The normalized spacial score (nSPS) is 24.6. The second-order valence-electron chi connectivity index (χ2n) is 7.57. The van der Waals surface area contributed by atoms with Crippen molar-refractivity contribution in [2.75, 3.05) is 6.61 Å². The minimum Gasteiger partial charge on any atom is -0.481 e. The Morgan fingerprint density at radius 1 is 1.26 bits per heavy atom. The molecule has 0 aromatic carbocycles. The second kappa shape index (κ2) is 11.3. The lowest BCUT2D eigenvalue weighted by atomic mass is 9.83. The third kappa shape index (κ3) is 6.84. The minimum atomic E-state index is -0.826. The lowest BCUT2D eigenvalue weighted by Crippen LogP contribution is -2.32. The van der Waals surface area contributed by atoms with Gasteiger partial charge in [-0.1, -0.05) is 44.4 Å². The molecule has 0 bridgehead atoms. The minimum absolute atomic E-state index is 0.0908. The first-order valence-electron chi connectivity index (χ1n) is 10.2. The number of carbonyl (C=O) groups is 1. The average molecular weight is 379 g/mol. The van der Waals surface area contributed by atoms with Crippen LogP contribution in [-0.4, -0.2) is 40.1 Å². The number of hydrogen-bond acceptors (Lipinski definition) is 5. The van der Waals surface area contributed by atoms with Crippen LogP contribution in [0.1, 0.15) is 71.1 Å². The fraction of sp³-hybridized carbons (Fsp3) is 0.762. The number of allylic oxidation sites excluding steroid dienone is 1. The molecule has 4 N–H and O–H groups in total. The molecular weight excluding hydrogens is 346 g/mol. The number of aliphatic carboxylic acids is 1. The van der Waals surface area contributed by atoms with Gasteiger partial charge >= 0.3 is 5.97 Å². The standard InChI is InChI=1S/C21H33NO5/c1-2-3-4-5-6-8-16(23)11-10-15-13-17-18(21(15)26)14-19(17)22-27-12-7-9-20(24)25/h15-16,18,21-23,26H,2-9,12-14H2,1H3,(H,24,25). The third-order valence-electron chi connectivity index (χ3n) is 5.37. The molecule has 0 aromatic rings. The van der Waals surface area contributed by atoms with Gasteiger partial charge in [0.1, 0.15) is 6.10 Å². The Balaban J connectivity index is 1.70. The van der Waals surface area contributed by atoms with Gasteiger partial charge in [0.05, 0.1) is 18.6 Å². The number of hydroxylamine groups is 1. The third-order valence-corrected chi connectivity index (χ3v) is 5.37. The summed E-state index contributed by atoms with van der Waals surface area (Å²) in [7, 11) is 0. The summed E-state index contributed by atoms with van der Waals surface area (Å²) in [4.78, 5) is 15.8. The zero-order valence-corrected chi connectivity index (χ0v) is 16.2. The topological polar surface area (TPSA) is 99.0 Å². The number of unbranched alkanes of at least 4 members (excludes halogenated alkanes) is 4. The fourth-order valence-corrected chi connectivity index (χ4v) is 3.70. The average Bonchev–Trinajstić information content (AvgIpc) is 2.86. The summed E-state index contributed by atoms with van der Waals surface area (Å²) in [6.07, 6.45) is 7.37. The van der Waals surface area contributed by atoms with Crippen LogP contribution in [0.25, 0.3) is 0 Å². The lowest BCUT2D eigenvalue weighted by Gasteiger charge is -2.30. The van der Waals surface area contributed by atoms with Crippen LogP contribution < -0.4 is 5.48 Å². The van der Waals surface area contributed by atoms with Crippen molar-refractivity contribution < 1.29 is 25.0 Å². The largest absolute Gasteiger partial charge is 0.481 e. The molecule has 27 heavy (non-hydrogen) atoms. The predicted octanol–water partition coefficient (Wildman–Crippen LogP) is 2.75. The highest BCUT2D eigenvalue weighted by molar-refractivity contribution is 5.66. The van der Waals surface area contributed by atoms with Crippen molar-refractivity contribution >= 4 is 5.97 Å². The van der Waals surface area contributed by atoms with E-state index >= 15 is 0 Å². The summed E-state index contributed by atoms with van der Waals surface area (Å²) in [5, 5.41) is 29.0. The van der Waals surface area contributed by atoms with E-state index in [1.165, 1.54) is 19.3 Å². The highest BCUT2D eigenvalue weighted by Gasteiger charge is 2.45. The monoisotopic (exact) mass is 379 g/mol. The van der Waals surface area contributed by atoms with Crippen LogP contribution in [-0.2, 0) is 9.63 Å². The summed E-state index contributed by atoms with van der Waals surface area (Å²) in [5.41, 5.74) is 5.02. The molecule has 6 nitrogen and oxygen atoms in total. The van der Waals surface area contributed by atoms with Gasteiger partial charge in [-0.3, -0.25) is 15.1 Å². The number of nitrogens with one attached hydrogen (secondary N) is 1. The number of carboxylic acids is 1. The Hall–Kier alpha value is -1.55. The molecular formula is C21H33NO5. The Kier molecular flexibility index (Phi) is 9.12. The van der Waals surface area contributed by atoms with E-state index in [9.17, 15) is 15.0 Å². The van der Waals surface area contributed by atoms with E-state index < -0.39 is 18.2 Å². The first kappa shape index (κ1) is 21.7. The molecule has 0 amide bonds. The number of carboxylic acid groups (broad SMARTS) is 1. The number of fused-ring (bicyclic) bond motifs is 1. The van der Waals surface area contributed by atoms with E-state index in [0.29, 0.717) is 25.9 Å². The van der Waals surface area contributed by atoms with Gasteiger partial charge in [0.2, 0.25) is 0 Å². The smallest absolute Gasteiger partial charge is 0.303 e. The molecule has 6 heteroatoms. The number of rotatable bonds is 12. The molecule has 4 atom stereocenters. The zero-order chi connectivity index (χ0) is 19.6. The summed E-state index contributed by atoms with van der Waals surface area (Å²) >= 11 is 0. The van der Waals surface area contributed by atoms with Crippen LogP contribution in [0.15, 0.2) is 11.3 Å². The first-order valence-corrected chi connectivity index (χ1v) is 10.2. The first-order chi connectivity index (χ1) is 13.0. The van der Waals surface area contributed by atoms with Gasteiger partial charge in [-0.05, 0) is 37.7 Å². The van der Waals surface area contributed by atoms with E-state index in [-0.39, 0.29) is 18.3 Å². The van der Waals surface area contributed by atoms with Crippen molar-refractivity contribution in [1.82, 2.24) is 5.48 Å². The fourth-order valence-electron chi connectivity index (χ4n) is 3.70. The van der Waals surface area contributed by atoms with E-state index in [2.05, 4.69) is 24.2 Å². The van der Waals surface area contributed by atoms with Crippen LogP contribution in [0.3, 0.4) is 0 Å². The quantitative estimate of drug-likeness (QED) is 0.236. The molecule has 0 saturated heterocycles. The molecule has 1 saturated carbocycles. The van der Waals surface area contributed by atoms with Crippen LogP contribution in [0, 0.1) is 23.7 Å². The van der Waals surface area contributed by atoms with Crippen molar-refractivity contribution in [2.45, 2.75) is 83.3 Å². The van der Waals surface area contributed by atoms with Crippen LogP contribution in [0.4, 0.5) is 0 Å². The zero-order valence-electron chi connectivity index (χ0n) is 16.2.